The predicted octanol–water partition coefficient (Wildman–Crippen LogP) is 3.91. The lowest BCUT2D eigenvalue weighted by Gasteiger charge is -2.26. The molecule has 0 saturated carbocycles. The van der Waals surface area contributed by atoms with Gasteiger partial charge in [0, 0.05) is 23.4 Å². The van der Waals surface area contributed by atoms with Gasteiger partial charge < -0.3 is 10.1 Å². The third kappa shape index (κ3) is 3.42. The summed E-state index contributed by atoms with van der Waals surface area (Å²) in [6.07, 6.45) is 1.88. The molecule has 0 radical (unpaired) electrons. The first-order valence-corrected chi connectivity index (χ1v) is 7.86. The molecular formula is C18H18ClNO2. The molecule has 4 heteroatoms. The van der Waals surface area contributed by atoms with Crippen molar-refractivity contribution in [1.82, 2.24) is 5.32 Å². The summed E-state index contributed by atoms with van der Waals surface area (Å²) in [7, 11) is 0. The lowest BCUT2D eigenvalue weighted by atomic mass is 10.00. The lowest BCUT2D eigenvalue weighted by Crippen LogP contribution is -2.32. The number of benzene rings is 2. The number of halogens is 1. The molecule has 1 heterocycles. The van der Waals surface area contributed by atoms with Gasteiger partial charge in [-0.15, -0.1) is 0 Å². The highest BCUT2D eigenvalue weighted by molar-refractivity contribution is 6.31. The van der Waals surface area contributed by atoms with Crippen LogP contribution in [0.2, 0.25) is 5.02 Å². The molecule has 1 unspecified atom stereocenters. The van der Waals surface area contributed by atoms with Crippen molar-refractivity contribution < 1.29 is 9.53 Å². The maximum Gasteiger partial charge on any atom is 0.220 e. The van der Waals surface area contributed by atoms with Gasteiger partial charge in [0.1, 0.15) is 5.75 Å². The minimum absolute atomic E-state index is 0.0312. The number of para-hydroxylation sites is 1. The van der Waals surface area contributed by atoms with Crippen LogP contribution >= 0.6 is 11.6 Å². The number of carbonyl (C=O) groups excluding carboxylic acids is 1. The van der Waals surface area contributed by atoms with Crippen molar-refractivity contribution in [3.8, 4) is 5.75 Å². The summed E-state index contributed by atoms with van der Waals surface area (Å²) in [6.45, 7) is 0.631. The molecule has 0 bridgehead atoms. The first-order valence-electron chi connectivity index (χ1n) is 7.48. The molecule has 0 aliphatic carbocycles. The fraction of sp³-hybridized carbons (Fsp3) is 0.278. The SMILES string of the molecule is O=C(CCc1ccccc1Cl)NC1CCOc2ccccc21. The second-order valence-electron chi connectivity index (χ2n) is 5.39. The summed E-state index contributed by atoms with van der Waals surface area (Å²) in [6, 6.07) is 15.5. The number of carbonyl (C=O) groups is 1. The Balaban J connectivity index is 1.60. The molecule has 1 N–H and O–H groups in total. The largest absolute Gasteiger partial charge is 0.493 e. The van der Waals surface area contributed by atoms with Crippen LogP contribution in [-0.4, -0.2) is 12.5 Å². The van der Waals surface area contributed by atoms with Gasteiger partial charge >= 0.3 is 0 Å². The van der Waals surface area contributed by atoms with Crippen LogP contribution in [0.25, 0.3) is 0 Å². The number of nitrogens with one attached hydrogen (secondary N) is 1. The van der Waals surface area contributed by atoms with E-state index in [-0.39, 0.29) is 11.9 Å². The quantitative estimate of drug-likeness (QED) is 0.929. The van der Waals surface area contributed by atoms with Crippen LogP contribution in [0, 0.1) is 0 Å². The summed E-state index contributed by atoms with van der Waals surface area (Å²) in [4.78, 5) is 12.2. The Labute approximate surface area is 135 Å². The monoisotopic (exact) mass is 315 g/mol. The molecule has 22 heavy (non-hydrogen) atoms. The van der Waals surface area contributed by atoms with Crippen LogP contribution in [0.1, 0.15) is 30.0 Å². The highest BCUT2D eigenvalue weighted by Crippen LogP contribution is 2.31. The highest BCUT2D eigenvalue weighted by atomic mass is 35.5. The molecule has 3 nitrogen and oxygen atoms in total. The molecule has 2 aromatic rings. The van der Waals surface area contributed by atoms with Crippen LogP contribution in [0.5, 0.6) is 5.75 Å². The second-order valence-corrected chi connectivity index (χ2v) is 5.79. The number of hydrogen-bond acceptors (Lipinski definition) is 2. The maximum absolute atomic E-state index is 12.2. The molecule has 0 fully saturated rings. The van der Waals surface area contributed by atoms with E-state index < -0.39 is 0 Å². The van der Waals surface area contributed by atoms with E-state index in [1.54, 1.807) is 0 Å². The van der Waals surface area contributed by atoms with Gasteiger partial charge in [-0.2, -0.15) is 0 Å². The van der Waals surface area contributed by atoms with Gasteiger partial charge in [-0.3, -0.25) is 4.79 Å². The number of amides is 1. The van der Waals surface area contributed by atoms with E-state index in [1.807, 2.05) is 48.5 Å². The minimum atomic E-state index is 0.0312. The maximum atomic E-state index is 12.2. The van der Waals surface area contributed by atoms with E-state index in [9.17, 15) is 4.79 Å². The Kier molecular flexibility index (Phi) is 4.64. The fourth-order valence-corrected chi connectivity index (χ4v) is 2.94. The molecule has 114 valence electrons. The average molecular weight is 316 g/mol. The molecule has 1 aliphatic heterocycles. The van der Waals surface area contributed by atoms with Gasteiger partial charge in [-0.25, -0.2) is 0 Å². The van der Waals surface area contributed by atoms with Crippen LogP contribution in [0.4, 0.5) is 0 Å². The molecule has 1 aliphatic rings. The smallest absolute Gasteiger partial charge is 0.220 e. The van der Waals surface area contributed by atoms with Crippen molar-refractivity contribution in [2.24, 2.45) is 0 Å². The second kappa shape index (κ2) is 6.84. The zero-order chi connectivity index (χ0) is 15.4. The number of hydrogen-bond donors (Lipinski definition) is 1. The molecule has 0 saturated heterocycles. The van der Waals surface area contributed by atoms with Gasteiger partial charge in [0.2, 0.25) is 5.91 Å². The Hall–Kier alpha value is -2.00. The molecule has 1 amide bonds. The third-order valence-corrected chi connectivity index (χ3v) is 4.24. The normalized spacial score (nSPS) is 16.5. The standard InChI is InChI=1S/C18H18ClNO2/c19-15-7-3-1-5-13(15)9-10-18(21)20-16-11-12-22-17-8-4-2-6-14(16)17/h1-8,16H,9-12H2,(H,20,21). The molecule has 0 spiro atoms. The van der Waals surface area contributed by atoms with Gasteiger partial charge in [-0.1, -0.05) is 48.0 Å². The molecule has 2 aromatic carbocycles. The first kappa shape index (κ1) is 14.9. The van der Waals surface area contributed by atoms with E-state index in [0.717, 1.165) is 23.3 Å². The highest BCUT2D eigenvalue weighted by Gasteiger charge is 2.22. The zero-order valence-corrected chi connectivity index (χ0v) is 13.0. The fourth-order valence-electron chi connectivity index (χ4n) is 2.71. The molecular weight excluding hydrogens is 298 g/mol. The van der Waals surface area contributed by atoms with Gasteiger partial charge in [0.25, 0.3) is 0 Å². The summed E-state index contributed by atoms with van der Waals surface area (Å²) >= 11 is 6.12. The van der Waals surface area contributed by atoms with Crippen molar-refractivity contribution in [1.29, 1.82) is 0 Å². The third-order valence-electron chi connectivity index (χ3n) is 3.87. The van der Waals surface area contributed by atoms with E-state index in [0.29, 0.717) is 24.5 Å². The number of rotatable bonds is 4. The Bertz CT molecular complexity index is 672. The molecule has 1 atom stereocenters. The molecule has 0 aromatic heterocycles. The summed E-state index contributed by atoms with van der Waals surface area (Å²) < 4.78 is 5.61. The van der Waals surface area contributed by atoms with Crippen molar-refractivity contribution >= 4 is 17.5 Å². The van der Waals surface area contributed by atoms with E-state index in [4.69, 9.17) is 16.3 Å². The van der Waals surface area contributed by atoms with E-state index in [2.05, 4.69) is 5.32 Å². The number of fused-ring (bicyclic) bond motifs is 1. The van der Waals surface area contributed by atoms with Crippen LogP contribution in [-0.2, 0) is 11.2 Å². The van der Waals surface area contributed by atoms with Crippen molar-refractivity contribution in [2.45, 2.75) is 25.3 Å². The molecule has 3 rings (SSSR count). The first-order chi connectivity index (χ1) is 10.7. The summed E-state index contributed by atoms with van der Waals surface area (Å²) in [5.41, 5.74) is 2.06. The van der Waals surface area contributed by atoms with Gasteiger partial charge in [0.15, 0.2) is 0 Å². The van der Waals surface area contributed by atoms with Crippen molar-refractivity contribution in [3.63, 3.8) is 0 Å². The van der Waals surface area contributed by atoms with Crippen molar-refractivity contribution in [3.05, 3.63) is 64.7 Å². The number of ether oxygens (including phenoxy) is 1. The average Bonchev–Trinajstić information content (AvgIpc) is 2.54. The minimum Gasteiger partial charge on any atom is -0.493 e. The van der Waals surface area contributed by atoms with Crippen molar-refractivity contribution in [2.75, 3.05) is 6.61 Å². The predicted molar refractivity (Wildman–Crippen MR) is 87.2 cm³/mol. The Morgan fingerprint density at radius 3 is 2.82 bits per heavy atom. The summed E-state index contributed by atoms with van der Waals surface area (Å²) in [5, 5.41) is 3.82. The van der Waals surface area contributed by atoms with Crippen LogP contribution in [0.15, 0.2) is 48.5 Å². The number of aryl methyl sites for hydroxylation is 1. The lowest BCUT2D eigenvalue weighted by molar-refractivity contribution is -0.122. The Morgan fingerprint density at radius 1 is 1.18 bits per heavy atom. The van der Waals surface area contributed by atoms with Crippen LogP contribution < -0.4 is 10.1 Å². The zero-order valence-electron chi connectivity index (χ0n) is 12.2. The topological polar surface area (TPSA) is 38.3 Å². The van der Waals surface area contributed by atoms with Gasteiger partial charge in [0.05, 0.1) is 12.6 Å². The summed E-state index contributed by atoms with van der Waals surface area (Å²) in [5.74, 6) is 0.909. The van der Waals surface area contributed by atoms with E-state index in [1.165, 1.54) is 0 Å². The van der Waals surface area contributed by atoms with Crippen LogP contribution in [0.3, 0.4) is 0 Å². The van der Waals surface area contributed by atoms with Gasteiger partial charge in [-0.05, 0) is 24.1 Å². The Morgan fingerprint density at radius 2 is 1.95 bits per heavy atom. The van der Waals surface area contributed by atoms with E-state index >= 15 is 0 Å².